The molecule has 4 rings (SSSR count). The molecule has 4 heteroatoms. The summed E-state index contributed by atoms with van der Waals surface area (Å²) in [5, 5.41) is 2.88. The maximum absolute atomic E-state index is 11.5. The van der Waals surface area contributed by atoms with Crippen molar-refractivity contribution in [1.82, 2.24) is 4.90 Å². The fourth-order valence-corrected chi connectivity index (χ4v) is 3.58. The molecule has 0 unspecified atom stereocenters. The Labute approximate surface area is 142 Å². The molecule has 2 aromatic carbocycles. The lowest BCUT2D eigenvalue weighted by molar-refractivity contribution is -0.118. The van der Waals surface area contributed by atoms with Crippen LogP contribution in [-0.2, 0) is 4.79 Å². The number of amides is 1. The fourth-order valence-electron chi connectivity index (χ4n) is 3.58. The SMILES string of the molecule is C[C@@H](c1cccc(-c2ccc3c(c2)NC(=O)CO3)c1)N1CCCC1. The first kappa shape index (κ1) is 15.2. The number of nitrogens with one attached hydrogen (secondary N) is 1. The number of carbonyl (C=O) groups excluding carboxylic acids is 1. The Kier molecular flexibility index (Phi) is 3.98. The van der Waals surface area contributed by atoms with E-state index in [1.807, 2.05) is 12.1 Å². The summed E-state index contributed by atoms with van der Waals surface area (Å²) in [5.41, 5.74) is 4.35. The van der Waals surface area contributed by atoms with Crippen molar-refractivity contribution in [3.63, 3.8) is 0 Å². The van der Waals surface area contributed by atoms with Crippen LogP contribution in [0.3, 0.4) is 0 Å². The fraction of sp³-hybridized carbons (Fsp3) is 0.350. The van der Waals surface area contributed by atoms with Crippen LogP contribution in [0.2, 0.25) is 0 Å². The third-order valence-corrected chi connectivity index (χ3v) is 5.00. The molecule has 2 aliphatic heterocycles. The number of nitrogens with zero attached hydrogens (tertiary/aromatic N) is 1. The minimum absolute atomic E-state index is 0.0924. The predicted molar refractivity (Wildman–Crippen MR) is 95.2 cm³/mol. The molecule has 1 fully saturated rings. The van der Waals surface area contributed by atoms with Gasteiger partial charge < -0.3 is 10.1 Å². The largest absolute Gasteiger partial charge is 0.482 e. The summed E-state index contributed by atoms with van der Waals surface area (Å²) in [4.78, 5) is 14.1. The van der Waals surface area contributed by atoms with E-state index in [0.29, 0.717) is 6.04 Å². The zero-order chi connectivity index (χ0) is 16.5. The maximum atomic E-state index is 11.5. The molecule has 4 nitrogen and oxygen atoms in total. The van der Waals surface area contributed by atoms with Crippen LogP contribution >= 0.6 is 0 Å². The summed E-state index contributed by atoms with van der Waals surface area (Å²) in [6, 6.07) is 15.1. The highest BCUT2D eigenvalue weighted by atomic mass is 16.5. The molecular weight excluding hydrogens is 300 g/mol. The van der Waals surface area contributed by atoms with Crippen molar-refractivity contribution >= 4 is 11.6 Å². The monoisotopic (exact) mass is 322 g/mol. The molecule has 0 radical (unpaired) electrons. The molecule has 0 saturated carbocycles. The highest BCUT2D eigenvalue weighted by Gasteiger charge is 2.20. The smallest absolute Gasteiger partial charge is 0.262 e. The number of anilines is 1. The van der Waals surface area contributed by atoms with Gasteiger partial charge in [0.2, 0.25) is 0 Å². The van der Waals surface area contributed by atoms with E-state index in [1.54, 1.807) is 0 Å². The van der Waals surface area contributed by atoms with E-state index in [-0.39, 0.29) is 12.5 Å². The van der Waals surface area contributed by atoms with E-state index in [1.165, 1.54) is 37.1 Å². The summed E-state index contributed by atoms with van der Waals surface area (Å²) < 4.78 is 5.44. The third kappa shape index (κ3) is 2.89. The summed E-state index contributed by atoms with van der Waals surface area (Å²) in [6.07, 6.45) is 2.60. The van der Waals surface area contributed by atoms with Crippen molar-refractivity contribution < 1.29 is 9.53 Å². The van der Waals surface area contributed by atoms with Crippen molar-refractivity contribution in [3.8, 4) is 16.9 Å². The van der Waals surface area contributed by atoms with Crippen LogP contribution in [0.1, 0.15) is 31.4 Å². The quantitative estimate of drug-likeness (QED) is 0.933. The normalized spacial score (nSPS) is 18.6. The van der Waals surface area contributed by atoms with E-state index in [9.17, 15) is 4.79 Å². The Morgan fingerprint density at radius 1 is 1.08 bits per heavy atom. The first-order valence-corrected chi connectivity index (χ1v) is 8.62. The summed E-state index contributed by atoms with van der Waals surface area (Å²) >= 11 is 0. The second-order valence-electron chi connectivity index (χ2n) is 6.59. The zero-order valence-electron chi connectivity index (χ0n) is 13.9. The van der Waals surface area contributed by atoms with Gasteiger partial charge in [0.15, 0.2) is 6.61 Å². The molecule has 0 spiro atoms. The second-order valence-corrected chi connectivity index (χ2v) is 6.59. The number of ether oxygens (including phenoxy) is 1. The van der Waals surface area contributed by atoms with Gasteiger partial charge in [-0.15, -0.1) is 0 Å². The average molecular weight is 322 g/mol. The lowest BCUT2D eigenvalue weighted by atomic mass is 9.99. The first-order chi connectivity index (χ1) is 11.7. The van der Waals surface area contributed by atoms with Crippen molar-refractivity contribution in [2.45, 2.75) is 25.8 Å². The molecule has 2 aromatic rings. The number of rotatable bonds is 3. The lowest BCUT2D eigenvalue weighted by Gasteiger charge is -2.24. The number of likely N-dealkylation sites (tertiary alicyclic amines) is 1. The molecule has 0 aromatic heterocycles. The van der Waals surface area contributed by atoms with E-state index >= 15 is 0 Å². The Balaban J connectivity index is 1.63. The molecule has 1 atom stereocenters. The molecule has 1 N–H and O–H groups in total. The molecular formula is C20H22N2O2. The predicted octanol–water partition coefficient (Wildman–Crippen LogP) is 3.84. The molecule has 1 saturated heterocycles. The molecule has 2 aliphatic rings. The zero-order valence-corrected chi connectivity index (χ0v) is 13.9. The van der Waals surface area contributed by atoms with Gasteiger partial charge in [0, 0.05) is 6.04 Å². The van der Waals surface area contributed by atoms with Crippen LogP contribution in [0.15, 0.2) is 42.5 Å². The van der Waals surface area contributed by atoms with Gasteiger partial charge in [-0.05, 0) is 67.7 Å². The summed E-state index contributed by atoms with van der Waals surface area (Å²) in [6.45, 7) is 4.75. The van der Waals surface area contributed by atoms with Crippen LogP contribution < -0.4 is 10.1 Å². The Morgan fingerprint density at radius 2 is 1.88 bits per heavy atom. The van der Waals surface area contributed by atoms with Crippen molar-refractivity contribution in [2.75, 3.05) is 25.0 Å². The van der Waals surface area contributed by atoms with Gasteiger partial charge in [-0.1, -0.05) is 24.3 Å². The number of hydrogen-bond donors (Lipinski definition) is 1. The highest BCUT2D eigenvalue weighted by molar-refractivity contribution is 5.96. The molecule has 0 aliphatic carbocycles. The van der Waals surface area contributed by atoms with Crippen LogP contribution in [-0.4, -0.2) is 30.5 Å². The third-order valence-electron chi connectivity index (χ3n) is 5.00. The lowest BCUT2D eigenvalue weighted by Crippen LogP contribution is -2.25. The molecule has 0 bridgehead atoms. The summed E-state index contributed by atoms with van der Waals surface area (Å²) in [7, 11) is 0. The maximum Gasteiger partial charge on any atom is 0.262 e. The number of carbonyl (C=O) groups is 1. The van der Waals surface area contributed by atoms with Gasteiger partial charge in [-0.2, -0.15) is 0 Å². The van der Waals surface area contributed by atoms with E-state index in [0.717, 1.165) is 17.0 Å². The topological polar surface area (TPSA) is 41.6 Å². The van der Waals surface area contributed by atoms with Crippen LogP contribution in [0.5, 0.6) is 5.75 Å². The Hall–Kier alpha value is -2.33. The van der Waals surface area contributed by atoms with Crippen molar-refractivity contribution in [1.29, 1.82) is 0 Å². The Morgan fingerprint density at radius 3 is 2.71 bits per heavy atom. The minimum Gasteiger partial charge on any atom is -0.482 e. The Bertz CT molecular complexity index is 766. The molecule has 24 heavy (non-hydrogen) atoms. The number of benzene rings is 2. The van der Waals surface area contributed by atoms with Gasteiger partial charge in [0.05, 0.1) is 5.69 Å². The van der Waals surface area contributed by atoms with E-state index in [4.69, 9.17) is 4.74 Å². The van der Waals surface area contributed by atoms with Crippen LogP contribution in [0.4, 0.5) is 5.69 Å². The second kappa shape index (κ2) is 6.29. The van der Waals surface area contributed by atoms with Crippen molar-refractivity contribution in [3.05, 3.63) is 48.0 Å². The van der Waals surface area contributed by atoms with Gasteiger partial charge in [-0.3, -0.25) is 9.69 Å². The standard InChI is InChI=1S/C20H22N2O2/c1-14(22-9-2-3-10-22)15-5-4-6-16(11-15)17-7-8-19-18(12-17)21-20(23)13-24-19/h4-8,11-12,14H,2-3,9-10,13H2,1H3,(H,21,23)/t14-/m0/s1. The summed E-state index contributed by atoms with van der Waals surface area (Å²) in [5.74, 6) is 0.635. The first-order valence-electron chi connectivity index (χ1n) is 8.62. The number of hydrogen-bond acceptors (Lipinski definition) is 3. The van der Waals surface area contributed by atoms with Crippen molar-refractivity contribution in [2.24, 2.45) is 0 Å². The molecule has 2 heterocycles. The van der Waals surface area contributed by atoms with Gasteiger partial charge in [-0.25, -0.2) is 0 Å². The highest BCUT2D eigenvalue weighted by Crippen LogP contribution is 2.34. The van der Waals surface area contributed by atoms with Crippen LogP contribution in [0.25, 0.3) is 11.1 Å². The van der Waals surface area contributed by atoms with E-state index in [2.05, 4.69) is 47.5 Å². The minimum atomic E-state index is -0.101. The average Bonchev–Trinajstić information content (AvgIpc) is 3.15. The molecule has 124 valence electrons. The van der Waals surface area contributed by atoms with Gasteiger partial charge in [0.25, 0.3) is 5.91 Å². The molecule has 1 amide bonds. The number of fused-ring (bicyclic) bond motifs is 1. The van der Waals surface area contributed by atoms with Gasteiger partial charge in [0.1, 0.15) is 5.75 Å². The van der Waals surface area contributed by atoms with E-state index < -0.39 is 0 Å². The van der Waals surface area contributed by atoms with Crippen LogP contribution in [0, 0.1) is 0 Å². The van der Waals surface area contributed by atoms with Gasteiger partial charge >= 0.3 is 0 Å².